The van der Waals surface area contributed by atoms with Crippen molar-refractivity contribution in [2.24, 2.45) is 5.73 Å². The van der Waals surface area contributed by atoms with E-state index in [-0.39, 0.29) is 6.04 Å². The third kappa shape index (κ3) is 3.05. The van der Waals surface area contributed by atoms with Crippen LogP contribution in [0.25, 0.3) is 11.0 Å². The molecule has 2 aromatic heterocycles. The standard InChI is InChI=1S/C16H18BrN3S/c1-2-7-20-14-6-4-3-5-13(14)19-16(20)9-12(18)11-8-15(17)21-10-11/h3-6,8,10,12H,2,7,9,18H2,1H3. The van der Waals surface area contributed by atoms with E-state index in [1.54, 1.807) is 11.3 Å². The quantitative estimate of drug-likeness (QED) is 0.724. The molecule has 0 spiro atoms. The fourth-order valence-corrected chi connectivity index (χ4v) is 3.83. The van der Waals surface area contributed by atoms with E-state index < -0.39 is 0 Å². The average molecular weight is 364 g/mol. The summed E-state index contributed by atoms with van der Waals surface area (Å²) >= 11 is 5.17. The van der Waals surface area contributed by atoms with Crippen molar-refractivity contribution in [1.82, 2.24) is 9.55 Å². The molecule has 110 valence electrons. The first-order valence-electron chi connectivity index (χ1n) is 7.12. The molecule has 0 amide bonds. The number of hydrogen-bond donors (Lipinski definition) is 1. The summed E-state index contributed by atoms with van der Waals surface area (Å²) in [6, 6.07) is 10.4. The molecule has 1 aromatic carbocycles. The molecule has 0 bridgehead atoms. The SMILES string of the molecule is CCCn1c(CC(N)c2csc(Br)c2)nc2ccccc21. The van der Waals surface area contributed by atoms with Gasteiger partial charge in [0, 0.05) is 19.0 Å². The van der Waals surface area contributed by atoms with Crippen molar-refractivity contribution in [2.75, 3.05) is 0 Å². The Bertz CT molecular complexity index is 747. The molecule has 1 unspecified atom stereocenters. The fourth-order valence-electron chi connectivity index (χ4n) is 2.59. The van der Waals surface area contributed by atoms with Crippen LogP contribution in [0.15, 0.2) is 39.5 Å². The molecule has 21 heavy (non-hydrogen) atoms. The van der Waals surface area contributed by atoms with Gasteiger partial charge in [-0.25, -0.2) is 4.98 Å². The fraction of sp³-hybridized carbons (Fsp3) is 0.312. The molecule has 3 aromatic rings. The summed E-state index contributed by atoms with van der Waals surface area (Å²) in [5.41, 5.74) is 9.79. The van der Waals surface area contributed by atoms with Gasteiger partial charge in [0.1, 0.15) is 5.82 Å². The van der Waals surface area contributed by atoms with Crippen LogP contribution >= 0.6 is 27.3 Å². The molecule has 0 aliphatic heterocycles. The van der Waals surface area contributed by atoms with Gasteiger partial charge in [0.15, 0.2) is 0 Å². The van der Waals surface area contributed by atoms with Crippen LogP contribution in [-0.4, -0.2) is 9.55 Å². The Morgan fingerprint density at radius 2 is 2.19 bits per heavy atom. The molecular formula is C16H18BrN3S. The van der Waals surface area contributed by atoms with E-state index in [4.69, 9.17) is 10.7 Å². The zero-order chi connectivity index (χ0) is 14.8. The van der Waals surface area contributed by atoms with Crippen molar-refractivity contribution in [1.29, 1.82) is 0 Å². The average Bonchev–Trinajstić information content (AvgIpc) is 3.04. The van der Waals surface area contributed by atoms with Gasteiger partial charge in [0.05, 0.1) is 14.8 Å². The van der Waals surface area contributed by atoms with E-state index in [9.17, 15) is 0 Å². The number of benzene rings is 1. The maximum Gasteiger partial charge on any atom is 0.111 e. The van der Waals surface area contributed by atoms with E-state index in [1.165, 1.54) is 11.1 Å². The topological polar surface area (TPSA) is 43.8 Å². The van der Waals surface area contributed by atoms with Crippen molar-refractivity contribution in [2.45, 2.75) is 32.4 Å². The van der Waals surface area contributed by atoms with Crippen molar-refractivity contribution < 1.29 is 0 Å². The molecular weight excluding hydrogens is 346 g/mol. The Labute approximate surface area is 136 Å². The van der Waals surface area contributed by atoms with E-state index in [2.05, 4.69) is 57.1 Å². The number of fused-ring (bicyclic) bond motifs is 1. The molecule has 1 atom stereocenters. The summed E-state index contributed by atoms with van der Waals surface area (Å²) in [6.07, 6.45) is 1.85. The normalized spacial score (nSPS) is 12.9. The van der Waals surface area contributed by atoms with Crippen LogP contribution in [0.5, 0.6) is 0 Å². The molecule has 0 radical (unpaired) electrons. The molecule has 2 N–H and O–H groups in total. The van der Waals surface area contributed by atoms with Crippen molar-refractivity contribution in [3.63, 3.8) is 0 Å². The molecule has 0 aliphatic carbocycles. The molecule has 3 rings (SSSR count). The summed E-state index contributed by atoms with van der Waals surface area (Å²) in [6.45, 7) is 3.17. The van der Waals surface area contributed by atoms with Crippen LogP contribution in [0.1, 0.15) is 30.8 Å². The molecule has 0 aliphatic rings. The summed E-state index contributed by atoms with van der Waals surface area (Å²) < 4.78 is 3.42. The maximum atomic E-state index is 6.36. The summed E-state index contributed by atoms with van der Waals surface area (Å²) in [5.74, 6) is 1.08. The first-order chi connectivity index (χ1) is 10.2. The highest BCUT2D eigenvalue weighted by Crippen LogP contribution is 2.27. The number of para-hydroxylation sites is 2. The van der Waals surface area contributed by atoms with Gasteiger partial charge in [-0.1, -0.05) is 19.1 Å². The lowest BCUT2D eigenvalue weighted by Gasteiger charge is -2.12. The van der Waals surface area contributed by atoms with Crippen LogP contribution in [0.4, 0.5) is 0 Å². The highest BCUT2D eigenvalue weighted by molar-refractivity contribution is 9.11. The highest BCUT2D eigenvalue weighted by atomic mass is 79.9. The van der Waals surface area contributed by atoms with Gasteiger partial charge < -0.3 is 10.3 Å². The Morgan fingerprint density at radius 1 is 1.38 bits per heavy atom. The summed E-state index contributed by atoms with van der Waals surface area (Å²) in [4.78, 5) is 4.78. The molecule has 5 heteroatoms. The van der Waals surface area contributed by atoms with Crippen LogP contribution in [0, 0.1) is 0 Å². The van der Waals surface area contributed by atoms with E-state index in [0.717, 1.165) is 34.5 Å². The lowest BCUT2D eigenvalue weighted by Crippen LogP contribution is -2.16. The molecule has 0 saturated heterocycles. The molecule has 0 fully saturated rings. The maximum absolute atomic E-state index is 6.36. The van der Waals surface area contributed by atoms with Gasteiger partial charge in [-0.3, -0.25) is 0 Å². The Morgan fingerprint density at radius 3 is 2.90 bits per heavy atom. The van der Waals surface area contributed by atoms with Gasteiger partial charge in [-0.05, 0) is 51.5 Å². The minimum atomic E-state index is -0.0139. The van der Waals surface area contributed by atoms with Crippen molar-refractivity contribution >= 4 is 38.3 Å². The number of nitrogens with two attached hydrogens (primary N) is 1. The third-order valence-corrected chi connectivity index (χ3v) is 5.12. The number of halogens is 1. The van der Waals surface area contributed by atoms with Gasteiger partial charge in [0.25, 0.3) is 0 Å². The Balaban J connectivity index is 1.94. The van der Waals surface area contributed by atoms with Crippen molar-refractivity contribution in [3.05, 3.63) is 50.9 Å². The second kappa shape index (κ2) is 6.30. The number of hydrogen-bond acceptors (Lipinski definition) is 3. The minimum Gasteiger partial charge on any atom is -0.328 e. The van der Waals surface area contributed by atoms with E-state index in [1.807, 2.05) is 6.07 Å². The highest BCUT2D eigenvalue weighted by Gasteiger charge is 2.15. The molecule has 2 heterocycles. The van der Waals surface area contributed by atoms with Gasteiger partial charge >= 0.3 is 0 Å². The Kier molecular flexibility index (Phi) is 4.42. The number of aryl methyl sites for hydroxylation is 1. The molecule has 3 nitrogen and oxygen atoms in total. The lowest BCUT2D eigenvalue weighted by molar-refractivity contribution is 0.610. The number of imidazole rings is 1. The predicted molar refractivity (Wildman–Crippen MR) is 92.7 cm³/mol. The third-order valence-electron chi connectivity index (χ3n) is 3.60. The summed E-state index contributed by atoms with van der Waals surface area (Å²) in [5, 5.41) is 2.11. The Hall–Kier alpha value is -1.17. The largest absolute Gasteiger partial charge is 0.328 e. The number of rotatable bonds is 5. The van der Waals surface area contributed by atoms with Gasteiger partial charge in [0.2, 0.25) is 0 Å². The van der Waals surface area contributed by atoms with Crippen LogP contribution in [-0.2, 0) is 13.0 Å². The zero-order valence-corrected chi connectivity index (χ0v) is 14.3. The number of thiophene rings is 1. The first kappa shape index (κ1) is 14.8. The van der Waals surface area contributed by atoms with E-state index in [0.29, 0.717) is 0 Å². The first-order valence-corrected chi connectivity index (χ1v) is 8.80. The predicted octanol–water partition coefficient (Wildman–Crippen LogP) is 4.51. The minimum absolute atomic E-state index is 0.0139. The zero-order valence-electron chi connectivity index (χ0n) is 11.9. The van der Waals surface area contributed by atoms with Crippen LogP contribution < -0.4 is 5.73 Å². The van der Waals surface area contributed by atoms with Crippen molar-refractivity contribution in [3.8, 4) is 0 Å². The second-order valence-corrected chi connectivity index (χ2v) is 7.45. The van der Waals surface area contributed by atoms with Gasteiger partial charge in [-0.15, -0.1) is 11.3 Å². The lowest BCUT2D eigenvalue weighted by atomic mass is 10.1. The second-order valence-electron chi connectivity index (χ2n) is 5.16. The number of nitrogens with zero attached hydrogens (tertiary/aromatic N) is 2. The monoisotopic (exact) mass is 363 g/mol. The number of aromatic nitrogens is 2. The smallest absolute Gasteiger partial charge is 0.111 e. The summed E-state index contributed by atoms with van der Waals surface area (Å²) in [7, 11) is 0. The van der Waals surface area contributed by atoms with Gasteiger partial charge in [-0.2, -0.15) is 0 Å². The van der Waals surface area contributed by atoms with E-state index >= 15 is 0 Å². The van der Waals surface area contributed by atoms with Crippen LogP contribution in [0.3, 0.4) is 0 Å². The molecule has 0 saturated carbocycles. The van der Waals surface area contributed by atoms with Crippen LogP contribution in [0.2, 0.25) is 0 Å².